The summed E-state index contributed by atoms with van der Waals surface area (Å²) in [5.74, 6) is 2.10. The standard InChI is InChI=1S/C11H21N/c1-2-5-10(6-3-1)11-7-4-8-12-9-11/h10-12H,1-9H2/t11-/m1/s1. The van der Waals surface area contributed by atoms with Crippen molar-refractivity contribution in [1.29, 1.82) is 0 Å². The van der Waals surface area contributed by atoms with Crippen LogP contribution in [0, 0.1) is 11.8 Å². The van der Waals surface area contributed by atoms with Crippen LogP contribution in [-0.4, -0.2) is 13.1 Å². The minimum Gasteiger partial charge on any atom is -0.316 e. The van der Waals surface area contributed by atoms with Gasteiger partial charge in [0.2, 0.25) is 0 Å². The summed E-state index contributed by atoms with van der Waals surface area (Å²) in [6.07, 6.45) is 10.5. The molecule has 1 aliphatic heterocycles. The lowest BCUT2D eigenvalue weighted by Gasteiger charge is -2.33. The van der Waals surface area contributed by atoms with Crippen molar-refractivity contribution in [3.05, 3.63) is 0 Å². The fourth-order valence-electron chi connectivity index (χ4n) is 2.89. The third-order valence-corrected chi connectivity index (χ3v) is 3.65. The smallest absolute Gasteiger partial charge is 0.00179 e. The van der Waals surface area contributed by atoms with Crippen molar-refractivity contribution in [3.8, 4) is 0 Å². The minimum atomic E-state index is 1.03. The SMILES string of the molecule is C1CCC([C@@H]2CCCNC2)CC1. The van der Waals surface area contributed by atoms with Crippen LogP contribution in [0.4, 0.5) is 0 Å². The second-order valence-corrected chi connectivity index (χ2v) is 4.50. The van der Waals surface area contributed by atoms with Gasteiger partial charge in [0.05, 0.1) is 0 Å². The van der Waals surface area contributed by atoms with Crippen LogP contribution in [-0.2, 0) is 0 Å². The molecule has 0 bridgehead atoms. The zero-order chi connectivity index (χ0) is 8.23. The second-order valence-electron chi connectivity index (χ2n) is 4.50. The molecule has 0 spiro atoms. The Hall–Kier alpha value is -0.0400. The van der Waals surface area contributed by atoms with Crippen molar-refractivity contribution in [3.63, 3.8) is 0 Å². The first-order valence-corrected chi connectivity index (χ1v) is 5.67. The normalized spacial score (nSPS) is 33.5. The van der Waals surface area contributed by atoms with E-state index in [-0.39, 0.29) is 0 Å². The van der Waals surface area contributed by atoms with E-state index in [2.05, 4.69) is 5.32 Å². The molecule has 1 heterocycles. The number of rotatable bonds is 1. The van der Waals surface area contributed by atoms with Crippen LogP contribution in [0.1, 0.15) is 44.9 Å². The lowest BCUT2D eigenvalue weighted by molar-refractivity contribution is 0.208. The molecule has 1 atom stereocenters. The molecule has 1 saturated carbocycles. The molecule has 1 nitrogen and oxygen atoms in total. The van der Waals surface area contributed by atoms with Crippen molar-refractivity contribution in [2.45, 2.75) is 44.9 Å². The van der Waals surface area contributed by atoms with Gasteiger partial charge in [-0.3, -0.25) is 0 Å². The average Bonchev–Trinajstić information content (AvgIpc) is 2.21. The van der Waals surface area contributed by atoms with E-state index in [1.165, 1.54) is 58.0 Å². The molecule has 0 unspecified atom stereocenters. The van der Waals surface area contributed by atoms with Crippen LogP contribution < -0.4 is 5.32 Å². The average molecular weight is 167 g/mol. The predicted molar refractivity (Wildman–Crippen MR) is 52.2 cm³/mol. The molecule has 0 aromatic rings. The molecule has 1 aliphatic carbocycles. The number of piperidine rings is 1. The molecule has 0 radical (unpaired) electrons. The molecule has 1 N–H and O–H groups in total. The van der Waals surface area contributed by atoms with E-state index in [0.717, 1.165) is 11.8 Å². The molecule has 0 aromatic heterocycles. The number of hydrogen-bond acceptors (Lipinski definition) is 1. The van der Waals surface area contributed by atoms with E-state index in [4.69, 9.17) is 0 Å². The Morgan fingerprint density at radius 1 is 0.750 bits per heavy atom. The first kappa shape index (κ1) is 8.55. The summed E-state index contributed by atoms with van der Waals surface area (Å²) in [5.41, 5.74) is 0. The van der Waals surface area contributed by atoms with Crippen LogP contribution in [0.25, 0.3) is 0 Å². The fourth-order valence-corrected chi connectivity index (χ4v) is 2.89. The molecule has 1 saturated heterocycles. The van der Waals surface area contributed by atoms with E-state index < -0.39 is 0 Å². The molecule has 1 heteroatoms. The van der Waals surface area contributed by atoms with Gasteiger partial charge in [0.1, 0.15) is 0 Å². The van der Waals surface area contributed by atoms with Gasteiger partial charge >= 0.3 is 0 Å². The first-order valence-electron chi connectivity index (χ1n) is 5.67. The highest BCUT2D eigenvalue weighted by atomic mass is 14.9. The van der Waals surface area contributed by atoms with Gasteiger partial charge in [-0.15, -0.1) is 0 Å². The van der Waals surface area contributed by atoms with Crippen molar-refractivity contribution in [2.24, 2.45) is 11.8 Å². The van der Waals surface area contributed by atoms with Crippen molar-refractivity contribution in [2.75, 3.05) is 13.1 Å². The number of nitrogens with one attached hydrogen (secondary N) is 1. The van der Waals surface area contributed by atoms with E-state index in [1.807, 2.05) is 0 Å². The lowest BCUT2D eigenvalue weighted by Crippen LogP contribution is -2.34. The van der Waals surface area contributed by atoms with Gasteiger partial charge in [0.25, 0.3) is 0 Å². The largest absolute Gasteiger partial charge is 0.316 e. The maximum Gasteiger partial charge on any atom is -0.00179 e. The zero-order valence-electron chi connectivity index (χ0n) is 8.02. The highest BCUT2D eigenvalue weighted by Crippen LogP contribution is 2.32. The fraction of sp³-hybridized carbons (Fsp3) is 1.00. The highest BCUT2D eigenvalue weighted by molar-refractivity contribution is 4.78. The van der Waals surface area contributed by atoms with Crippen molar-refractivity contribution < 1.29 is 0 Å². The monoisotopic (exact) mass is 167 g/mol. The summed E-state index contributed by atoms with van der Waals surface area (Å²) < 4.78 is 0. The topological polar surface area (TPSA) is 12.0 Å². The molecule has 2 rings (SSSR count). The van der Waals surface area contributed by atoms with Gasteiger partial charge < -0.3 is 5.32 Å². The summed E-state index contributed by atoms with van der Waals surface area (Å²) in [6, 6.07) is 0. The van der Waals surface area contributed by atoms with E-state index in [1.54, 1.807) is 0 Å². The summed E-state index contributed by atoms with van der Waals surface area (Å²) in [6.45, 7) is 2.58. The summed E-state index contributed by atoms with van der Waals surface area (Å²) in [4.78, 5) is 0. The highest BCUT2D eigenvalue weighted by Gasteiger charge is 2.24. The molecular formula is C11H21N. The van der Waals surface area contributed by atoms with E-state index in [0.29, 0.717) is 0 Å². The van der Waals surface area contributed by atoms with Crippen LogP contribution in [0.3, 0.4) is 0 Å². The molecule has 70 valence electrons. The van der Waals surface area contributed by atoms with E-state index in [9.17, 15) is 0 Å². The third kappa shape index (κ3) is 2.01. The zero-order valence-corrected chi connectivity index (χ0v) is 8.02. The van der Waals surface area contributed by atoms with Crippen LogP contribution in [0.5, 0.6) is 0 Å². The van der Waals surface area contributed by atoms with Gasteiger partial charge in [-0.05, 0) is 37.8 Å². The molecule has 0 amide bonds. The van der Waals surface area contributed by atoms with Crippen LogP contribution >= 0.6 is 0 Å². The van der Waals surface area contributed by atoms with Crippen molar-refractivity contribution in [1.82, 2.24) is 5.32 Å². The summed E-state index contributed by atoms with van der Waals surface area (Å²) in [7, 11) is 0. The van der Waals surface area contributed by atoms with Crippen molar-refractivity contribution >= 4 is 0 Å². The molecule has 2 fully saturated rings. The van der Waals surface area contributed by atoms with E-state index >= 15 is 0 Å². The molecule has 2 aliphatic rings. The lowest BCUT2D eigenvalue weighted by atomic mass is 9.77. The number of hydrogen-bond donors (Lipinski definition) is 1. The Labute approximate surface area is 75.9 Å². The quantitative estimate of drug-likeness (QED) is 0.633. The Bertz CT molecular complexity index is 105. The Balaban J connectivity index is 1.80. The Morgan fingerprint density at radius 2 is 1.50 bits per heavy atom. The van der Waals surface area contributed by atoms with Gasteiger partial charge in [-0.25, -0.2) is 0 Å². The van der Waals surface area contributed by atoms with Gasteiger partial charge in [-0.2, -0.15) is 0 Å². The van der Waals surface area contributed by atoms with Gasteiger partial charge in [-0.1, -0.05) is 32.1 Å². The van der Waals surface area contributed by atoms with Gasteiger partial charge in [0, 0.05) is 0 Å². The van der Waals surface area contributed by atoms with Crippen LogP contribution in [0.2, 0.25) is 0 Å². The second kappa shape index (κ2) is 4.27. The maximum atomic E-state index is 3.53. The summed E-state index contributed by atoms with van der Waals surface area (Å²) in [5, 5.41) is 3.53. The Morgan fingerprint density at radius 3 is 2.17 bits per heavy atom. The first-order chi connectivity index (χ1) is 5.97. The summed E-state index contributed by atoms with van der Waals surface area (Å²) >= 11 is 0. The van der Waals surface area contributed by atoms with Gasteiger partial charge in [0.15, 0.2) is 0 Å². The molecule has 12 heavy (non-hydrogen) atoms. The third-order valence-electron chi connectivity index (χ3n) is 3.65. The Kier molecular flexibility index (Phi) is 3.04. The maximum absolute atomic E-state index is 3.53. The molecular weight excluding hydrogens is 146 g/mol. The predicted octanol–water partition coefficient (Wildman–Crippen LogP) is 2.57. The minimum absolute atomic E-state index is 1.03. The van der Waals surface area contributed by atoms with Crippen LogP contribution in [0.15, 0.2) is 0 Å². The molecule has 0 aromatic carbocycles.